The molecule has 1 aliphatic rings. The summed E-state index contributed by atoms with van der Waals surface area (Å²) >= 11 is 11.8. The van der Waals surface area contributed by atoms with E-state index < -0.39 is 10.0 Å². The molecule has 0 radical (unpaired) electrons. The van der Waals surface area contributed by atoms with Gasteiger partial charge in [-0.2, -0.15) is 4.31 Å². The highest BCUT2D eigenvalue weighted by molar-refractivity contribution is 7.88. The monoisotopic (exact) mass is 372 g/mol. The van der Waals surface area contributed by atoms with Gasteiger partial charge in [-0.05, 0) is 37.6 Å². The molecule has 1 aromatic rings. The molecule has 120 valence electrons. The van der Waals surface area contributed by atoms with Gasteiger partial charge in [-0.15, -0.1) is 12.4 Å². The standard InChI is InChI=1S/C13H18Cl2N2O2S.ClH/c1-16-8-11-3-2-6-17(11)20(18,19)9-10-4-5-12(14)13(15)7-10;/h4-5,7,11,16H,2-3,6,8-9H2,1H3;1H. The van der Waals surface area contributed by atoms with Crippen LogP contribution >= 0.6 is 35.6 Å². The lowest BCUT2D eigenvalue weighted by Gasteiger charge is -2.24. The zero-order valence-electron chi connectivity index (χ0n) is 11.7. The van der Waals surface area contributed by atoms with Crippen LogP contribution in [0.1, 0.15) is 18.4 Å². The number of hydrogen-bond acceptors (Lipinski definition) is 3. The third-order valence-electron chi connectivity index (χ3n) is 3.45. The zero-order chi connectivity index (χ0) is 14.8. The van der Waals surface area contributed by atoms with Crippen LogP contribution in [0.15, 0.2) is 18.2 Å². The van der Waals surface area contributed by atoms with Crippen LogP contribution in [0.3, 0.4) is 0 Å². The molecule has 0 bridgehead atoms. The van der Waals surface area contributed by atoms with E-state index in [0.29, 0.717) is 28.7 Å². The molecule has 2 rings (SSSR count). The fourth-order valence-corrected chi connectivity index (χ4v) is 4.67. The molecule has 8 heteroatoms. The number of likely N-dealkylation sites (N-methyl/N-ethyl adjacent to an activating group) is 1. The first-order chi connectivity index (χ1) is 9.44. The Balaban J connectivity index is 0.00000220. The van der Waals surface area contributed by atoms with Gasteiger partial charge in [-0.3, -0.25) is 0 Å². The fraction of sp³-hybridized carbons (Fsp3) is 0.538. The molecule has 0 saturated carbocycles. The third kappa shape index (κ3) is 4.71. The van der Waals surface area contributed by atoms with Gasteiger partial charge in [0, 0.05) is 19.1 Å². The average molecular weight is 374 g/mol. The quantitative estimate of drug-likeness (QED) is 0.863. The Labute approximate surface area is 142 Å². The van der Waals surface area contributed by atoms with Gasteiger partial charge >= 0.3 is 0 Å². The molecule has 1 fully saturated rings. The second-order valence-corrected chi connectivity index (χ2v) is 7.71. The van der Waals surface area contributed by atoms with Crippen molar-refractivity contribution in [3.05, 3.63) is 33.8 Å². The summed E-state index contributed by atoms with van der Waals surface area (Å²) in [4.78, 5) is 0. The van der Waals surface area contributed by atoms with Crippen LogP contribution in [-0.4, -0.2) is 38.9 Å². The molecule has 1 heterocycles. The summed E-state index contributed by atoms with van der Waals surface area (Å²) in [6.07, 6.45) is 1.81. The van der Waals surface area contributed by atoms with Crippen molar-refractivity contribution in [2.24, 2.45) is 0 Å². The molecule has 0 amide bonds. The Morgan fingerprint density at radius 2 is 2.05 bits per heavy atom. The van der Waals surface area contributed by atoms with Crippen LogP contribution in [0.25, 0.3) is 0 Å². The average Bonchev–Trinajstić information content (AvgIpc) is 2.83. The van der Waals surface area contributed by atoms with E-state index in [4.69, 9.17) is 23.2 Å². The highest BCUT2D eigenvalue weighted by Gasteiger charge is 2.33. The van der Waals surface area contributed by atoms with Crippen molar-refractivity contribution >= 4 is 45.6 Å². The van der Waals surface area contributed by atoms with Crippen LogP contribution in [0, 0.1) is 0 Å². The molecule has 21 heavy (non-hydrogen) atoms. The number of benzene rings is 1. The Kier molecular flexibility index (Phi) is 7.24. The maximum Gasteiger partial charge on any atom is 0.218 e. The van der Waals surface area contributed by atoms with Crippen LogP contribution in [0.5, 0.6) is 0 Å². The molecule has 1 saturated heterocycles. The molecule has 1 aromatic carbocycles. The summed E-state index contributed by atoms with van der Waals surface area (Å²) in [6, 6.07) is 5.00. The Bertz CT molecular complexity index is 581. The lowest BCUT2D eigenvalue weighted by Crippen LogP contribution is -2.41. The number of nitrogens with zero attached hydrogens (tertiary/aromatic N) is 1. The van der Waals surface area contributed by atoms with E-state index in [1.54, 1.807) is 22.5 Å². The van der Waals surface area contributed by atoms with Crippen molar-refractivity contribution < 1.29 is 8.42 Å². The second-order valence-electron chi connectivity index (χ2n) is 4.97. The van der Waals surface area contributed by atoms with Gasteiger partial charge in [-0.25, -0.2) is 8.42 Å². The SMILES string of the molecule is CNCC1CCCN1S(=O)(=O)Cc1ccc(Cl)c(Cl)c1.Cl. The minimum Gasteiger partial charge on any atom is -0.318 e. The smallest absolute Gasteiger partial charge is 0.218 e. The molecule has 1 atom stereocenters. The Hall–Kier alpha value is -0.0400. The van der Waals surface area contributed by atoms with Crippen molar-refractivity contribution in [2.75, 3.05) is 20.1 Å². The maximum absolute atomic E-state index is 12.5. The maximum atomic E-state index is 12.5. The van der Waals surface area contributed by atoms with Gasteiger partial charge in [0.05, 0.1) is 15.8 Å². The molecule has 4 nitrogen and oxygen atoms in total. The number of hydrogen-bond donors (Lipinski definition) is 1. The molecular weight excluding hydrogens is 355 g/mol. The number of halogens is 3. The van der Waals surface area contributed by atoms with Gasteiger partial charge in [0.2, 0.25) is 10.0 Å². The Morgan fingerprint density at radius 3 is 2.67 bits per heavy atom. The van der Waals surface area contributed by atoms with Crippen LogP contribution < -0.4 is 5.32 Å². The van der Waals surface area contributed by atoms with Gasteiger partial charge in [-0.1, -0.05) is 29.3 Å². The van der Waals surface area contributed by atoms with Gasteiger partial charge < -0.3 is 5.32 Å². The fourth-order valence-electron chi connectivity index (χ4n) is 2.54. The minimum atomic E-state index is -3.32. The highest BCUT2D eigenvalue weighted by atomic mass is 35.5. The van der Waals surface area contributed by atoms with E-state index in [0.717, 1.165) is 12.8 Å². The summed E-state index contributed by atoms with van der Waals surface area (Å²) in [5, 5.41) is 3.86. The first-order valence-electron chi connectivity index (χ1n) is 6.52. The predicted octanol–water partition coefficient (Wildman–Crippen LogP) is 2.93. The molecule has 0 spiro atoms. The van der Waals surface area contributed by atoms with E-state index in [1.807, 2.05) is 7.05 Å². The van der Waals surface area contributed by atoms with Crippen molar-refractivity contribution in [1.29, 1.82) is 0 Å². The summed E-state index contributed by atoms with van der Waals surface area (Å²) in [5.41, 5.74) is 0.662. The summed E-state index contributed by atoms with van der Waals surface area (Å²) in [6.45, 7) is 1.27. The van der Waals surface area contributed by atoms with Crippen LogP contribution in [0.2, 0.25) is 10.0 Å². The highest BCUT2D eigenvalue weighted by Crippen LogP contribution is 2.26. The van der Waals surface area contributed by atoms with Crippen LogP contribution in [-0.2, 0) is 15.8 Å². The largest absolute Gasteiger partial charge is 0.318 e. The summed E-state index contributed by atoms with van der Waals surface area (Å²) in [5.74, 6) is -0.0376. The molecule has 0 aromatic heterocycles. The first-order valence-corrected chi connectivity index (χ1v) is 8.88. The normalized spacial score (nSPS) is 19.5. The van der Waals surface area contributed by atoms with Crippen molar-refractivity contribution in [2.45, 2.75) is 24.6 Å². The molecular formula is C13H19Cl3N2O2S. The van der Waals surface area contributed by atoms with Gasteiger partial charge in [0.25, 0.3) is 0 Å². The topological polar surface area (TPSA) is 49.4 Å². The van der Waals surface area contributed by atoms with E-state index >= 15 is 0 Å². The number of rotatable bonds is 5. The second kappa shape index (κ2) is 7.99. The molecule has 0 aliphatic carbocycles. The molecule has 1 aliphatic heterocycles. The molecule has 1 unspecified atom stereocenters. The Morgan fingerprint density at radius 1 is 1.33 bits per heavy atom. The lowest BCUT2D eigenvalue weighted by atomic mass is 10.2. The summed E-state index contributed by atoms with van der Waals surface area (Å²) in [7, 11) is -1.49. The van der Waals surface area contributed by atoms with E-state index in [9.17, 15) is 8.42 Å². The predicted molar refractivity (Wildman–Crippen MR) is 90.0 cm³/mol. The molecule has 1 N–H and O–H groups in total. The third-order valence-corrected chi connectivity index (χ3v) is 6.09. The number of sulfonamides is 1. The van der Waals surface area contributed by atoms with E-state index in [-0.39, 0.29) is 24.2 Å². The van der Waals surface area contributed by atoms with Crippen molar-refractivity contribution in [3.8, 4) is 0 Å². The zero-order valence-corrected chi connectivity index (χ0v) is 14.8. The lowest BCUT2D eigenvalue weighted by molar-refractivity contribution is 0.378. The van der Waals surface area contributed by atoms with Gasteiger partial charge in [0.1, 0.15) is 0 Å². The van der Waals surface area contributed by atoms with Crippen molar-refractivity contribution in [3.63, 3.8) is 0 Å². The van der Waals surface area contributed by atoms with E-state index in [1.165, 1.54) is 0 Å². The first kappa shape index (κ1) is 19.0. The number of nitrogens with one attached hydrogen (secondary N) is 1. The van der Waals surface area contributed by atoms with E-state index in [2.05, 4.69) is 5.32 Å². The minimum absolute atomic E-state index is 0. The van der Waals surface area contributed by atoms with Gasteiger partial charge in [0.15, 0.2) is 0 Å². The van der Waals surface area contributed by atoms with Crippen LogP contribution in [0.4, 0.5) is 0 Å². The summed E-state index contributed by atoms with van der Waals surface area (Å²) < 4.78 is 26.6. The van der Waals surface area contributed by atoms with Crippen molar-refractivity contribution in [1.82, 2.24) is 9.62 Å².